The molecule has 33 heavy (non-hydrogen) atoms. The van der Waals surface area contributed by atoms with Crippen LogP contribution >= 0.6 is 0 Å². The molecule has 3 heterocycles. The van der Waals surface area contributed by atoms with E-state index in [4.69, 9.17) is 9.84 Å². The summed E-state index contributed by atoms with van der Waals surface area (Å²) in [4.78, 5) is 49.9. The van der Waals surface area contributed by atoms with Crippen LogP contribution in [0.3, 0.4) is 0 Å². The molecule has 10 nitrogen and oxygen atoms in total. The quantitative estimate of drug-likeness (QED) is 0.571. The van der Waals surface area contributed by atoms with Crippen molar-refractivity contribution in [2.24, 2.45) is 13.0 Å². The van der Waals surface area contributed by atoms with Gasteiger partial charge in [0, 0.05) is 19.9 Å². The van der Waals surface area contributed by atoms with Crippen LogP contribution in [-0.2, 0) is 21.4 Å². The van der Waals surface area contributed by atoms with Crippen molar-refractivity contribution < 1.29 is 24.2 Å². The van der Waals surface area contributed by atoms with Crippen LogP contribution in [0.1, 0.15) is 44.6 Å². The van der Waals surface area contributed by atoms with Crippen molar-refractivity contribution >= 4 is 28.8 Å². The topological polar surface area (TPSA) is 123 Å². The van der Waals surface area contributed by atoms with E-state index in [2.05, 4.69) is 10.2 Å². The van der Waals surface area contributed by atoms with E-state index in [-0.39, 0.29) is 24.4 Å². The van der Waals surface area contributed by atoms with E-state index >= 15 is 0 Å². The number of ether oxygens (including phenoxy) is 1. The SMILES string of the molecule is Cn1c(=O)n(C2CCC(=O)NC2=O)c2cccc(OCC3CCN(CCCC(=O)O)CC3)c21. The number of aryl methyl sites for hydroxylation is 1. The normalized spacial score (nSPS) is 20.2. The number of imide groups is 1. The van der Waals surface area contributed by atoms with Crippen LogP contribution in [0.25, 0.3) is 11.0 Å². The lowest BCUT2D eigenvalue weighted by Gasteiger charge is -2.31. The van der Waals surface area contributed by atoms with E-state index in [1.165, 1.54) is 9.13 Å². The maximum Gasteiger partial charge on any atom is 0.329 e. The molecule has 2 aliphatic heterocycles. The number of aliphatic carboxylic acids is 1. The third-order valence-corrected chi connectivity index (χ3v) is 6.63. The lowest BCUT2D eigenvalue weighted by molar-refractivity contribution is -0.137. The number of piperidine rings is 2. The molecular formula is C23H30N4O6. The number of aromatic nitrogens is 2. The molecule has 10 heteroatoms. The standard InChI is InChI=1S/C23H30N4O6/c1-25-21-16(27(23(25)32)17-7-8-19(28)24-22(17)31)4-2-5-18(21)33-14-15-9-12-26(13-10-15)11-3-6-20(29)30/h2,4-5,15,17H,3,6-14H2,1H3,(H,29,30)(H,24,28,31). The zero-order valence-corrected chi connectivity index (χ0v) is 18.8. The van der Waals surface area contributed by atoms with Crippen molar-refractivity contribution in [3.63, 3.8) is 0 Å². The number of hydrogen-bond donors (Lipinski definition) is 2. The van der Waals surface area contributed by atoms with E-state index in [0.717, 1.165) is 32.5 Å². The first-order valence-corrected chi connectivity index (χ1v) is 11.5. The number of amides is 2. The molecule has 1 atom stereocenters. The molecule has 2 aliphatic rings. The van der Waals surface area contributed by atoms with Crippen molar-refractivity contribution in [1.29, 1.82) is 0 Å². The number of imidazole rings is 1. The van der Waals surface area contributed by atoms with Crippen LogP contribution in [0.4, 0.5) is 0 Å². The van der Waals surface area contributed by atoms with E-state index in [1.54, 1.807) is 13.1 Å². The van der Waals surface area contributed by atoms with Crippen molar-refractivity contribution in [2.75, 3.05) is 26.2 Å². The summed E-state index contributed by atoms with van der Waals surface area (Å²) in [7, 11) is 1.66. The first kappa shape index (κ1) is 23.0. The van der Waals surface area contributed by atoms with Crippen LogP contribution in [0.15, 0.2) is 23.0 Å². The van der Waals surface area contributed by atoms with Gasteiger partial charge in [-0.3, -0.25) is 28.8 Å². The Labute approximate surface area is 191 Å². The fourth-order valence-electron chi connectivity index (χ4n) is 4.79. The van der Waals surface area contributed by atoms with E-state index in [0.29, 0.717) is 42.1 Å². The number of nitrogens with one attached hydrogen (secondary N) is 1. The number of rotatable bonds is 8. The molecule has 1 aromatic heterocycles. The van der Waals surface area contributed by atoms with Crippen molar-refractivity contribution in [2.45, 2.75) is 44.6 Å². The Kier molecular flexibility index (Phi) is 6.83. The molecule has 0 aliphatic carbocycles. The number of likely N-dealkylation sites (tertiary alicyclic amines) is 1. The second-order valence-corrected chi connectivity index (χ2v) is 8.90. The van der Waals surface area contributed by atoms with Gasteiger partial charge in [0.15, 0.2) is 0 Å². The zero-order valence-electron chi connectivity index (χ0n) is 18.8. The van der Waals surface area contributed by atoms with Gasteiger partial charge in [0.05, 0.1) is 12.1 Å². The number of fused-ring (bicyclic) bond motifs is 1. The Morgan fingerprint density at radius 3 is 2.64 bits per heavy atom. The van der Waals surface area contributed by atoms with Gasteiger partial charge in [-0.15, -0.1) is 0 Å². The fraction of sp³-hybridized carbons (Fsp3) is 0.565. The van der Waals surface area contributed by atoms with Gasteiger partial charge in [-0.25, -0.2) is 4.79 Å². The van der Waals surface area contributed by atoms with Crippen LogP contribution in [0.5, 0.6) is 5.75 Å². The molecule has 2 saturated heterocycles. The van der Waals surface area contributed by atoms with Crippen LogP contribution in [0.2, 0.25) is 0 Å². The highest BCUT2D eigenvalue weighted by molar-refractivity contribution is 6.00. The number of carbonyl (C=O) groups excluding carboxylic acids is 2. The second kappa shape index (κ2) is 9.78. The second-order valence-electron chi connectivity index (χ2n) is 8.90. The zero-order chi connectivity index (χ0) is 23.5. The number of para-hydroxylation sites is 1. The minimum Gasteiger partial charge on any atom is -0.491 e. The Balaban J connectivity index is 1.43. The highest BCUT2D eigenvalue weighted by Gasteiger charge is 2.32. The van der Waals surface area contributed by atoms with Gasteiger partial charge >= 0.3 is 11.7 Å². The first-order chi connectivity index (χ1) is 15.8. The van der Waals surface area contributed by atoms with E-state index in [9.17, 15) is 19.2 Å². The number of hydrogen-bond acceptors (Lipinski definition) is 6. The maximum atomic E-state index is 13.0. The minimum absolute atomic E-state index is 0.199. The number of carbonyl (C=O) groups is 3. The Bertz CT molecular complexity index is 1110. The Hall–Kier alpha value is -3.14. The summed E-state index contributed by atoms with van der Waals surface area (Å²) in [5, 5.41) is 11.1. The van der Waals surface area contributed by atoms with Gasteiger partial charge in [-0.1, -0.05) is 6.07 Å². The fourth-order valence-corrected chi connectivity index (χ4v) is 4.79. The summed E-state index contributed by atoms with van der Waals surface area (Å²) in [6.45, 7) is 3.17. The average Bonchev–Trinajstić information content (AvgIpc) is 3.04. The lowest BCUT2D eigenvalue weighted by Crippen LogP contribution is -2.44. The molecule has 1 aromatic carbocycles. The van der Waals surface area contributed by atoms with Gasteiger partial charge < -0.3 is 14.7 Å². The Morgan fingerprint density at radius 1 is 1.18 bits per heavy atom. The predicted molar refractivity (Wildman–Crippen MR) is 120 cm³/mol. The molecule has 2 N–H and O–H groups in total. The third-order valence-electron chi connectivity index (χ3n) is 6.63. The highest BCUT2D eigenvalue weighted by atomic mass is 16.5. The molecular weight excluding hydrogens is 428 g/mol. The largest absolute Gasteiger partial charge is 0.491 e. The lowest BCUT2D eigenvalue weighted by atomic mass is 9.97. The summed E-state index contributed by atoms with van der Waals surface area (Å²) in [5.74, 6) is -0.552. The predicted octanol–water partition coefficient (Wildman–Crippen LogP) is 1.27. The smallest absolute Gasteiger partial charge is 0.329 e. The highest BCUT2D eigenvalue weighted by Crippen LogP contribution is 2.29. The number of carboxylic acids is 1. The number of benzene rings is 1. The average molecular weight is 459 g/mol. The summed E-state index contributed by atoms with van der Waals surface area (Å²) >= 11 is 0. The molecule has 2 aromatic rings. The molecule has 178 valence electrons. The molecule has 4 rings (SSSR count). The minimum atomic E-state index is -0.756. The molecule has 1 unspecified atom stereocenters. The van der Waals surface area contributed by atoms with Gasteiger partial charge in [0.1, 0.15) is 17.3 Å². The molecule has 0 saturated carbocycles. The summed E-state index contributed by atoms with van der Waals surface area (Å²) in [6, 6.07) is 4.71. The molecule has 2 fully saturated rings. The van der Waals surface area contributed by atoms with E-state index in [1.807, 2.05) is 12.1 Å². The molecule has 2 amide bonds. The maximum absolute atomic E-state index is 13.0. The molecule has 0 radical (unpaired) electrons. The number of carboxylic acid groups (broad SMARTS) is 1. The van der Waals surface area contributed by atoms with Gasteiger partial charge in [0.25, 0.3) is 0 Å². The van der Waals surface area contributed by atoms with Crippen LogP contribution in [0, 0.1) is 5.92 Å². The van der Waals surface area contributed by atoms with E-state index < -0.39 is 17.9 Å². The summed E-state index contributed by atoms with van der Waals surface area (Å²) < 4.78 is 9.12. The summed E-state index contributed by atoms with van der Waals surface area (Å²) in [6.07, 6.45) is 3.30. The van der Waals surface area contributed by atoms with Crippen molar-refractivity contribution in [1.82, 2.24) is 19.4 Å². The van der Waals surface area contributed by atoms with Crippen molar-refractivity contribution in [3.05, 3.63) is 28.7 Å². The monoisotopic (exact) mass is 458 g/mol. The molecule has 0 bridgehead atoms. The van der Waals surface area contributed by atoms with Gasteiger partial charge in [0.2, 0.25) is 11.8 Å². The van der Waals surface area contributed by atoms with Crippen molar-refractivity contribution in [3.8, 4) is 5.75 Å². The first-order valence-electron chi connectivity index (χ1n) is 11.5. The van der Waals surface area contributed by atoms with Gasteiger partial charge in [-0.2, -0.15) is 0 Å². The van der Waals surface area contributed by atoms with Gasteiger partial charge in [-0.05, 0) is 63.4 Å². The Morgan fingerprint density at radius 2 is 1.94 bits per heavy atom. The molecule has 0 spiro atoms. The summed E-state index contributed by atoms with van der Waals surface area (Å²) in [5.41, 5.74) is 0.936. The third kappa shape index (κ3) is 4.95. The van der Waals surface area contributed by atoms with Crippen LogP contribution < -0.4 is 15.7 Å². The number of nitrogens with zero attached hydrogens (tertiary/aromatic N) is 3. The van der Waals surface area contributed by atoms with Crippen LogP contribution in [-0.4, -0.2) is 63.2 Å².